The van der Waals surface area contributed by atoms with E-state index in [-0.39, 0.29) is 21.9 Å². The van der Waals surface area contributed by atoms with Crippen molar-refractivity contribution in [3.8, 4) is 0 Å². The van der Waals surface area contributed by atoms with E-state index in [0.29, 0.717) is 6.92 Å². The number of carbonyl (C=O) groups excluding carboxylic acids is 2. The number of esters is 2. The van der Waals surface area contributed by atoms with E-state index in [9.17, 15) is 27.9 Å². The van der Waals surface area contributed by atoms with Gasteiger partial charge in [-0.2, -0.15) is 13.2 Å². The second kappa shape index (κ2) is 7.40. The van der Waals surface area contributed by atoms with Crippen LogP contribution in [0.5, 0.6) is 0 Å². The SMILES string of the molecule is C=C(C)C(=O)OCOC(=O)c1ccc(C(C)(O)C(F)(F)F)c2ccccc12. The second-order valence-corrected chi connectivity index (χ2v) is 6.04. The molecule has 0 aliphatic rings. The van der Waals surface area contributed by atoms with Crippen molar-refractivity contribution >= 4 is 22.7 Å². The summed E-state index contributed by atoms with van der Waals surface area (Å²) in [6, 6.07) is 7.96. The van der Waals surface area contributed by atoms with Gasteiger partial charge in [0.15, 0.2) is 5.60 Å². The lowest BCUT2D eigenvalue weighted by atomic mass is 9.88. The summed E-state index contributed by atoms with van der Waals surface area (Å²) in [6.45, 7) is 4.77. The number of alkyl halides is 3. The topological polar surface area (TPSA) is 72.8 Å². The molecule has 2 aromatic rings. The van der Waals surface area contributed by atoms with Crippen molar-refractivity contribution in [2.45, 2.75) is 25.6 Å². The average molecular weight is 382 g/mol. The largest absolute Gasteiger partial charge is 0.425 e. The fourth-order valence-electron chi connectivity index (χ4n) is 2.39. The minimum atomic E-state index is -4.91. The van der Waals surface area contributed by atoms with Gasteiger partial charge < -0.3 is 14.6 Å². The maximum atomic E-state index is 13.2. The molecule has 0 saturated carbocycles. The van der Waals surface area contributed by atoms with Crippen LogP contribution in [0.1, 0.15) is 29.8 Å². The molecule has 1 N–H and O–H groups in total. The average Bonchev–Trinajstić information content (AvgIpc) is 2.59. The van der Waals surface area contributed by atoms with Crippen molar-refractivity contribution in [3.05, 3.63) is 59.7 Å². The van der Waals surface area contributed by atoms with Crippen LogP contribution in [-0.2, 0) is 19.9 Å². The van der Waals surface area contributed by atoms with Gasteiger partial charge in [0.05, 0.1) is 5.56 Å². The summed E-state index contributed by atoms with van der Waals surface area (Å²) in [5.41, 5.74) is -3.41. The number of aliphatic hydroxyl groups is 1. The molecule has 0 saturated heterocycles. The van der Waals surface area contributed by atoms with Crippen LogP contribution in [0.15, 0.2) is 48.6 Å². The van der Waals surface area contributed by atoms with Crippen LogP contribution >= 0.6 is 0 Å². The molecule has 0 amide bonds. The first-order valence-electron chi connectivity index (χ1n) is 7.78. The zero-order valence-corrected chi connectivity index (χ0v) is 14.6. The Bertz CT molecular complexity index is 900. The van der Waals surface area contributed by atoms with Crippen LogP contribution < -0.4 is 0 Å². The highest BCUT2D eigenvalue weighted by Gasteiger charge is 2.51. The lowest BCUT2D eigenvalue weighted by Crippen LogP contribution is -2.39. The Labute approximate surface area is 153 Å². The highest BCUT2D eigenvalue weighted by atomic mass is 19.4. The second-order valence-electron chi connectivity index (χ2n) is 6.04. The minimum Gasteiger partial charge on any atom is -0.425 e. The molecular formula is C19H17F3O5. The monoisotopic (exact) mass is 382 g/mol. The smallest absolute Gasteiger partial charge is 0.421 e. The Balaban J connectivity index is 2.38. The van der Waals surface area contributed by atoms with Crippen molar-refractivity contribution in [2.24, 2.45) is 0 Å². The standard InChI is InChI=1S/C19H17F3O5/c1-11(2)16(23)26-10-27-17(24)14-8-9-15(18(3,25)19(20,21)22)13-7-5-4-6-12(13)14/h4-9,25H,1,10H2,2-3H3. The molecule has 27 heavy (non-hydrogen) atoms. The molecule has 0 spiro atoms. The number of halogens is 3. The van der Waals surface area contributed by atoms with E-state index in [0.717, 1.165) is 12.1 Å². The normalized spacial score (nSPS) is 13.7. The Morgan fingerprint density at radius 2 is 1.67 bits per heavy atom. The molecule has 1 atom stereocenters. The van der Waals surface area contributed by atoms with Crippen LogP contribution in [0.4, 0.5) is 13.2 Å². The van der Waals surface area contributed by atoms with Crippen LogP contribution in [0.25, 0.3) is 10.8 Å². The molecule has 5 nitrogen and oxygen atoms in total. The van der Waals surface area contributed by atoms with Crippen molar-refractivity contribution in [1.82, 2.24) is 0 Å². The van der Waals surface area contributed by atoms with Gasteiger partial charge in [-0.05, 0) is 30.7 Å². The van der Waals surface area contributed by atoms with Crippen LogP contribution in [0.2, 0.25) is 0 Å². The van der Waals surface area contributed by atoms with Crippen LogP contribution in [-0.4, -0.2) is 30.0 Å². The van der Waals surface area contributed by atoms with Gasteiger partial charge in [0.1, 0.15) is 0 Å². The summed E-state index contributed by atoms with van der Waals surface area (Å²) in [6.07, 6.45) is -4.91. The molecule has 2 rings (SSSR count). The zero-order chi connectivity index (χ0) is 20.4. The highest BCUT2D eigenvalue weighted by Crippen LogP contribution is 2.41. The van der Waals surface area contributed by atoms with Crippen molar-refractivity contribution in [1.29, 1.82) is 0 Å². The van der Waals surface area contributed by atoms with Gasteiger partial charge >= 0.3 is 18.1 Å². The van der Waals surface area contributed by atoms with Gasteiger partial charge in [0.25, 0.3) is 0 Å². The van der Waals surface area contributed by atoms with E-state index < -0.39 is 36.1 Å². The molecule has 144 valence electrons. The fourth-order valence-corrected chi connectivity index (χ4v) is 2.39. The Morgan fingerprint density at radius 1 is 1.07 bits per heavy atom. The Morgan fingerprint density at radius 3 is 2.22 bits per heavy atom. The zero-order valence-electron chi connectivity index (χ0n) is 14.6. The predicted octanol–water partition coefficient (Wildman–Crippen LogP) is 3.84. The summed E-state index contributed by atoms with van der Waals surface area (Å²) in [5, 5.41) is 10.2. The number of hydrogen-bond donors (Lipinski definition) is 1. The Kier molecular flexibility index (Phi) is 5.60. The minimum absolute atomic E-state index is 0.0290. The van der Waals surface area contributed by atoms with Crippen LogP contribution in [0, 0.1) is 0 Å². The number of rotatable bonds is 5. The van der Waals surface area contributed by atoms with E-state index in [1.807, 2.05) is 0 Å². The number of fused-ring (bicyclic) bond motifs is 1. The van der Waals surface area contributed by atoms with E-state index in [2.05, 4.69) is 11.3 Å². The molecule has 0 aliphatic carbocycles. The molecule has 2 aromatic carbocycles. The molecule has 1 unspecified atom stereocenters. The third kappa shape index (κ3) is 4.11. The van der Waals surface area contributed by atoms with Gasteiger partial charge in [0.2, 0.25) is 6.79 Å². The number of ether oxygens (including phenoxy) is 2. The van der Waals surface area contributed by atoms with Crippen molar-refractivity contribution < 1.29 is 37.3 Å². The maximum Gasteiger partial charge on any atom is 0.421 e. The molecule has 0 aromatic heterocycles. The summed E-state index contributed by atoms with van der Waals surface area (Å²) >= 11 is 0. The van der Waals surface area contributed by atoms with E-state index >= 15 is 0 Å². The van der Waals surface area contributed by atoms with E-state index in [1.54, 1.807) is 0 Å². The summed E-state index contributed by atoms with van der Waals surface area (Å²) in [4.78, 5) is 23.5. The van der Waals surface area contributed by atoms with Gasteiger partial charge in [-0.25, -0.2) is 9.59 Å². The molecule has 0 radical (unpaired) electrons. The van der Waals surface area contributed by atoms with Gasteiger partial charge in [-0.3, -0.25) is 0 Å². The molecule has 0 aliphatic heterocycles. The van der Waals surface area contributed by atoms with Gasteiger partial charge in [-0.1, -0.05) is 36.9 Å². The fraction of sp³-hybridized carbons (Fsp3) is 0.263. The summed E-state index contributed by atoms with van der Waals surface area (Å²) < 4.78 is 49.2. The Hall–Kier alpha value is -2.87. The summed E-state index contributed by atoms with van der Waals surface area (Å²) in [7, 11) is 0. The summed E-state index contributed by atoms with van der Waals surface area (Å²) in [5.74, 6) is -1.64. The lowest BCUT2D eigenvalue weighted by molar-refractivity contribution is -0.258. The number of benzene rings is 2. The quantitative estimate of drug-likeness (QED) is 0.483. The first-order valence-corrected chi connectivity index (χ1v) is 7.78. The molecule has 0 bridgehead atoms. The van der Waals surface area contributed by atoms with E-state index in [4.69, 9.17) is 4.74 Å². The molecular weight excluding hydrogens is 365 g/mol. The van der Waals surface area contributed by atoms with Crippen LogP contribution in [0.3, 0.4) is 0 Å². The highest BCUT2D eigenvalue weighted by molar-refractivity contribution is 6.05. The van der Waals surface area contributed by atoms with Gasteiger partial charge in [-0.15, -0.1) is 0 Å². The van der Waals surface area contributed by atoms with Crippen molar-refractivity contribution in [3.63, 3.8) is 0 Å². The molecule has 8 heteroatoms. The molecule has 0 heterocycles. The third-order valence-corrected chi connectivity index (χ3v) is 3.95. The van der Waals surface area contributed by atoms with Gasteiger partial charge in [0, 0.05) is 11.1 Å². The first kappa shape index (κ1) is 20.4. The van der Waals surface area contributed by atoms with Crippen molar-refractivity contribution in [2.75, 3.05) is 6.79 Å². The maximum absolute atomic E-state index is 13.2. The third-order valence-electron chi connectivity index (χ3n) is 3.95. The predicted molar refractivity (Wildman–Crippen MR) is 90.8 cm³/mol. The number of carbonyl (C=O) groups is 2. The first-order chi connectivity index (χ1) is 12.5. The number of hydrogen-bond acceptors (Lipinski definition) is 5. The van der Waals surface area contributed by atoms with E-state index in [1.165, 1.54) is 31.2 Å². The molecule has 0 fully saturated rings. The lowest BCUT2D eigenvalue weighted by Gasteiger charge is -2.28.